The Morgan fingerprint density at radius 2 is 2.00 bits per heavy atom. The van der Waals surface area contributed by atoms with E-state index in [1.807, 2.05) is 0 Å². The Morgan fingerprint density at radius 3 is 2.42 bits per heavy atom. The monoisotopic (exact) mass is 170 g/mol. The molecule has 0 radical (unpaired) electrons. The maximum absolute atomic E-state index is 10.8. The van der Waals surface area contributed by atoms with Crippen LogP contribution in [-0.2, 0) is 14.3 Å². The van der Waals surface area contributed by atoms with Gasteiger partial charge in [0.1, 0.15) is 6.10 Å². The van der Waals surface area contributed by atoms with Crippen LogP contribution in [0.3, 0.4) is 0 Å². The van der Waals surface area contributed by atoms with Crippen LogP contribution in [0.15, 0.2) is 12.2 Å². The number of carbonyl (C=O) groups is 2. The van der Waals surface area contributed by atoms with Crippen molar-refractivity contribution in [2.75, 3.05) is 0 Å². The highest BCUT2D eigenvalue weighted by atomic mass is 16.5. The largest absolute Gasteiger partial charge is 0.478 e. The van der Waals surface area contributed by atoms with Gasteiger partial charge in [-0.3, -0.25) is 0 Å². The summed E-state index contributed by atoms with van der Waals surface area (Å²) in [5.74, 6) is -1.71. The van der Waals surface area contributed by atoms with Gasteiger partial charge in [-0.25, -0.2) is 9.59 Å². The van der Waals surface area contributed by atoms with Gasteiger partial charge in [-0.15, -0.1) is 0 Å². The summed E-state index contributed by atoms with van der Waals surface area (Å²) in [7, 11) is 0. The number of carboxylic acid groups (broad SMARTS) is 1. The molecule has 4 heteroatoms. The van der Waals surface area contributed by atoms with Crippen molar-refractivity contribution in [3.8, 4) is 0 Å². The molecule has 1 aliphatic carbocycles. The van der Waals surface area contributed by atoms with Crippen LogP contribution in [0.2, 0.25) is 0 Å². The maximum atomic E-state index is 10.8. The summed E-state index contributed by atoms with van der Waals surface area (Å²) in [5.41, 5.74) is 0. The van der Waals surface area contributed by atoms with E-state index in [4.69, 9.17) is 9.84 Å². The fraction of sp³-hybridized carbons (Fsp3) is 0.500. The third-order valence-corrected chi connectivity index (χ3v) is 1.70. The molecule has 0 aromatic heterocycles. The van der Waals surface area contributed by atoms with E-state index in [1.54, 1.807) is 0 Å². The van der Waals surface area contributed by atoms with Crippen LogP contribution < -0.4 is 0 Å². The molecule has 0 aromatic carbocycles. The van der Waals surface area contributed by atoms with Gasteiger partial charge in [-0.05, 0) is 19.3 Å². The number of hydrogen-bond acceptors (Lipinski definition) is 3. The van der Waals surface area contributed by atoms with Gasteiger partial charge in [0.2, 0.25) is 0 Å². The van der Waals surface area contributed by atoms with Crippen molar-refractivity contribution in [2.45, 2.75) is 25.4 Å². The molecule has 0 heterocycles. The molecule has 66 valence electrons. The lowest BCUT2D eigenvalue weighted by atomic mass is 9.96. The Hall–Kier alpha value is -1.32. The van der Waals surface area contributed by atoms with Crippen LogP contribution in [0.1, 0.15) is 19.3 Å². The molecular weight excluding hydrogens is 160 g/mol. The molecule has 1 N–H and O–H groups in total. The molecule has 0 bridgehead atoms. The topological polar surface area (TPSA) is 63.6 Å². The minimum atomic E-state index is -1.14. The number of carboxylic acids is 1. The number of esters is 1. The molecule has 0 atom stereocenters. The Bertz CT molecular complexity index is 215. The molecule has 4 nitrogen and oxygen atoms in total. The third kappa shape index (κ3) is 2.74. The molecule has 0 spiro atoms. The molecule has 0 saturated heterocycles. The highest BCUT2D eigenvalue weighted by Gasteiger charge is 2.20. The number of aliphatic carboxylic acids is 1. The van der Waals surface area contributed by atoms with Crippen molar-refractivity contribution in [3.63, 3.8) is 0 Å². The fourth-order valence-electron chi connectivity index (χ4n) is 0.832. The minimum absolute atomic E-state index is 0.0101. The van der Waals surface area contributed by atoms with Crippen molar-refractivity contribution in [1.29, 1.82) is 0 Å². The predicted molar refractivity (Wildman–Crippen MR) is 40.5 cm³/mol. The lowest BCUT2D eigenvalue weighted by molar-refractivity contribution is -0.147. The molecular formula is C8H10O4. The van der Waals surface area contributed by atoms with Gasteiger partial charge in [-0.2, -0.15) is 0 Å². The van der Waals surface area contributed by atoms with Crippen LogP contribution in [0.4, 0.5) is 0 Å². The zero-order valence-corrected chi connectivity index (χ0v) is 6.53. The van der Waals surface area contributed by atoms with Gasteiger partial charge in [0.15, 0.2) is 0 Å². The number of ether oxygens (including phenoxy) is 1. The lowest BCUT2D eigenvalue weighted by Crippen LogP contribution is -2.24. The Labute approximate surface area is 69.8 Å². The molecule has 0 amide bonds. The first-order chi connectivity index (χ1) is 5.68. The fourth-order valence-corrected chi connectivity index (χ4v) is 0.832. The molecule has 0 aliphatic heterocycles. The predicted octanol–water partition coefficient (Wildman–Crippen LogP) is 0.723. The average Bonchev–Trinajstić information content (AvgIpc) is 1.93. The number of hydrogen-bond donors (Lipinski definition) is 1. The zero-order chi connectivity index (χ0) is 8.97. The normalized spacial score (nSPS) is 17.3. The summed E-state index contributed by atoms with van der Waals surface area (Å²) in [6, 6.07) is 0. The van der Waals surface area contributed by atoms with Crippen molar-refractivity contribution >= 4 is 11.9 Å². The van der Waals surface area contributed by atoms with Crippen LogP contribution in [0.25, 0.3) is 0 Å². The van der Waals surface area contributed by atoms with E-state index in [-0.39, 0.29) is 6.10 Å². The van der Waals surface area contributed by atoms with E-state index in [0.717, 1.165) is 31.4 Å². The van der Waals surface area contributed by atoms with Crippen LogP contribution in [0.5, 0.6) is 0 Å². The second kappa shape index (κ2) is 3.90. The molecule has 0 aromatic rings. The first-order valence-corrected chi connectivity index (χ1v) is 3.80. The Kier molecular flexibility index (Phi) is 2.85. The summed E-state index contributed by atoms with van der Waals surface area (Å²) in [6.07, 6.45) is 4.60. The minimum Gasteiger partial charge on any atom is -0.478 e. The van der Waals surface area contributed by atoms with E-state index >= 15 is 0 Å². The molecule has 1 aliphatic rings. The van der Waals surface area contributed by atoms with Crippen LogP contribution >= 0.6 is 0 Å². The van der Waals surface area contributed by atoms with E-state index in [9.17, 15) is 9.59 Å². The third-order valence-electron chi connectivity index (χ3n) is 1.70. The van der Waals surface area contributed by atoms with Gasteiger partial charge < -0.3 is 9.84 Å². The highest BCUT2D eigenvalue weighted by molar-refractivity contribution is 5.90. The zero-order valence-electron chi connectivity index (χ0n) is 6.53. The van der Waals surface area contributed by atoms with Gasteiger partial charge >= 0.3 is 11.9 Å². The molecule has 12 heavy (non-hydrogen) atoms. The second-order valence-corrected chi connectivity index (χ2v) is 2.66. The quantitative estimate of drug-likeness (QED) is 0.500. The van der Waals surface area contributed by atoms with Gasteiger partial charge in [-0.1, -0.05) is 0 Å². The Morgan fingerprint density at radius 1 is 1.33 bits per heavy atom. The summed E-state index contributed by atoms with van der Waals surface area (Å²) < 4.78 is 4.85. The first-order valence-electron chi connectivity index (χ1n) is 3.80. The standard InChI is InChI=1S/C8H10O4/c9-7(10)4-5-8(11)12-6-2-1-3-6/h4-6H,1-3H2,(H,9,10). The van der Waals surface area contributed by atoms with Crippen LogP contribution in [-0.4, -0.2) is 23.1 Å². The summed E-state index contributed by atoms with van der Waals surface area (Å²) in [6.45, 7) is 0. The average molecular weight is 170 g/mol. The number of rotatable bonds is 3. The van der Waals surface area contributed by atoms with Gasteiger partial charge in [0, 0.05) is 12.2 Å². The van der Waals surface area contributed by atoms with Crippen molar-refractivity contribution in [2.24, 2.45) is 0 Å². The molecule has 0 unspecified atom stereocenters. The number of carbonyl (C=O) groups excluding carboxylic acids is 1. The van der Waals surface area contributed by atoms with Gasteiger partial charge in [0.05, 0.1) is 0 Å². The smallest absolute Gasteiger partial charge is 0.331 e. The SMILES string of the molecule is O=C(O)C=CC(=O)OC1CCC1. The van der Waals surface area contributed by atoms with Gasteiger partial charge in [0.25, 0.3) is 0 Å². The summed E-state index contributed by atoms with van der Waals surface area (Å²) in [4.78, 5) is 20.8. The summed E-state index contributed by atoms with van der Waals surface area (Å²) in [5, 5.41) is 8.17. The Balaban J connectivity index is 2.23. The van der Waals surface area contributed by atoms with Crippen molar-refractivity contribution < 1.29 is 19.4 Å². The molecule has 1 rings (SSSR count). The highest BCUT2D eigenvalue weighted by Crippen LogP contribution is 2.21. The summed E-state index contributed by atoms with van der Waals surface area (Å²) >= 11 is 0. The first kappa shape index (κ1) is 8.77. The lowest BCUT2D eigenvalue weighted by Gasteiger charge is -2.24. The van der Waals surface area contributed by atoms with E-state index in [2.05, 4.69) is 0 Å². The van der Waals surface area contributed by atoms with Crippen LogP contribution in [0, 0.1) is 0 Å². The second-order valence-electron chi connectivity index (χ2n) is 2.66. The van der Waals surface area contributed by atoms with Crippen molar-refractivity contribution in [1.82, 2.24) is 0 Å². The van der Waals surface area contributed by atoms with E-state index in [1.165, 1.54) is 0 Å². The molecule has 1 saturated carbocycles. The van der Waals surface area contributed by atoms with E-state index in [0.29, 0.717) is 0 Å². The maximum Gasteiger partial charge on any atom is 0.331 e. The van der Waals surface area contributed by atoms with Crippen molar-refractivity contribution in [3.05, 3.63) is 12.2 Å². The van der Waals surface area contributed by atoms with E-state index < -0.39 is 11.9 Å². The molecule has 1 fully saturated rings.